The fourth-order valence-electron chi connectivity index (χ4n) is 7.58. The number of hydrogen-bond acceptors (Lipinski definition) is 2. The summed E-state index contributed by atoms with van der Waals surface area (Å²) in [7, 11) is 0. The third-order valence-corrected chi connectivity index (χ3v) is 8.53. The molecule has 0 aromatic rings. The summed E-state index contributed by atoms with van der Waals surface area (Å²) in [4.78, 5) is 11.9. The maximum absolute atomic E-state index is 11.9. The van der Waals surface area contributed by atoms with E-state index >= 15 is 0 Å². The Balaban J connectivity index is 1.60. The van der Waals surface area contributed by atoms with Gasteiger partial charge in [-0.2, -0.15) is 5.26 Å². The Bertz CT molecular complexity index is 683. The monoisotopic (exact) mass is 321 g/mol. The average molecular weight is 321 g/mol. The van der Waals surface area contributed by atoms with Gasteiger partial charge in [0.1, 0.15) is 0 Å². The number of carbonyl (C=O) groups is 1. The number of carbonyl (C=O) groups excluding carboxylic acids is 1. The van der Waals surface area contributed by atoms with Crippen molar-refractivity contribution < 1.29 is 4.79 Å². The van der Waals surface area contributed by atoms with Gasteiger partial charge in [0.05, 0.1) is 12.0 Å². The van der Waals surface area contributed by atoms with Crippen molar-refractivity contribution in [2.24, 2.45) is 46.8 Å². The molecule has 2 nitrogen and oxygen atoms in total. The highest BCUT2D eigenvalue weighted by molar-refractivity contribution is 5.91. The van der Waals surface area contributed by atoms with Gasteiger partial charge in [0.2, 0.25) is 0 Å². The highest BCUT2D eigenvalue weighted by Gasteiger charge is 2.61. The van der Waals surface area contributed by atoms with E-state index in [1.807, 2.05) is 6.08 Å². The molecule has 0 aliphatic heterocycles. The number of allylic oxidation sites excluding steroid dienone is 3. The van der Waals surface area contributed by atoms with Crippen molar-refractivity contribution in [1.29, 1.82) is 5.26 Å². The Morgan fingerprint density at radius 3 is 3.04 bits per heavy atom. The summed E-state index contributed by atoms with van der Waals surface area (Å²) in [6.07, 6.45) is 14.6. The van der Waals surface area contributed by atoms with E-state index < -0.39 is 0 Å². The lowest BCUT2D eigenvalue weighted by molar-refractivity contribution is -0.116. The lowest BCUT2D eigenvalue weighted by Crippen LogP contribution is -2.49. The van der Waals surface area contributed by atoms with Crippen LogP contribution in [0.2, 0.25) is 0 Å². The second kappa shape index (κ2) is 5.07. The number of nitriles is 1. The Labute approximate surface area is 145 Å². The fraction of sp³-hybridized carbons (Fsp3) is 0.727. The van der Waals surface area contributed by atoms with Crippen LogP contribution >= 0.6 is 0 Å². The molecule has 0 heterocycles. The highest BCUT2D eigenvalue weighted by Crippen LogP contribution is 2.67. The molecule has 3 saturated carbocycles. The summed E-state index contributed by atoms with van der Waals surface area (Å²) in [6, 6.07) is 2.72. The second-order valence-corrected chi connectivity index (χ2v) is 9.36. The average Bonchev–Trinajstić information content (AvgIpc) is 2.85. The van der Waals surface area contributed by atoms with E-state index in [1.54, 1.807) is 0 Å². The fourth-order valence-corrected chi connectivity index (χ4v) is 7.58. The van der Waals surface area contributed by atoms with E-state index in [0.717, 1.165) is 43.4 Å². The van der Waals surface area contributed by atoms with Gasteiger partial charge in [0, 0.05) is 6.42 Å². The van der Waals surface area contributed by atoms with E-state index in [2.05, 4.69) is 25.1 Å². The largest absolute Gasteiger partial charge is 0.295 e. The molecule has 5 rings (SSSR count). The number of ketones is 1. The Kier molecular flexibility index (Phi) is 3.16. The van der Waals surface area contributed by atoms with Crippen LogP contribution in [0, 0.1) is 58.2 Å². The summed E-state index contributed by atoms with van der Waals surface area (Å²) in [5.74, 6) is 4.65. The first-order chi connectivity index (χ1) is 11.6. The van der Waals surface area contributed by atoms with Gasteiger partial charge in [-0.05, 0) is 85.5 Å². The van der Waals surface area contributed by atoms with E-state index in [1.165, 1.54) is 24.8 Å². The molecule has 0 amide bonds. The van der Waals surface area contributed by atoms with Gasteiger partial charge < -0.3 is 0 Å². The van der Waals surface area contributed by atoms with Crippen LogP contribution in [0.5, 0.6) is 0 Å². The van der Waals surface area contributed by atoms with Crippen LogP contribution in [-0.2, 0) is 4.79 Å². The van der Waals surface area contributed by atoms with Gasteiger partial charge >= 0.3 is 0 Å². The van der Waals surface area contributed by atoms with Crippen molar-refractivity contribution in [3.05, 3.63) is 23.8 Å². The molecule has 2 bridgehead atoms. The van der Waals surface area contributed by atoms with Crippen molar-refractivity contribution in [2.45, 2.75) is 51.9 Å². The van der Waals surface area contributed by atoms with Gasteiger partial charge in [-0.25, -0.2) is 0 Å². The molecule has 3 fully saturated rings. The maximum atomic E-state index is 11.9. The SMILES string of the molecule is C[C@]12CC[C@H]3C4C1C[C@H](CC=C[C@H]4CC1=CC(=O)CC[C@@H]13)[C@@H]2C#N. The molecule has 8 atom stereocenters. The van der Waals surface area contributed by atoms with Crippen LogP contribution < -0.4 is 0 Å². The highest BCUT2D eigenvalue weighted by atomic mass is 16.1. The Hall–Kier alpha value is -1.36. The van der Waals surface area contributed by atoms with Crippen molar-refractivity contribution >= 4 is 5.78 Å². The van der Waals surface area contributed by atoms with Gasteiger partial charge in [0.25, 0.3) is 0 Å². The summed E-state index contributed by atoms with van der Waals surface area (Å²) in [5.41, 5.74) is 1.69. The van der Waals surface area contributed by atoms with E-state index in [9.17, 15) is 10.1 Å². The molecule has 0 radical (unpaired) electrons. The molecule has 0 spiro atoms. The quantitative estimate of drug-likeness (QED) is 0.608. The normalized spacial score (nSPS) is 51.9. The maximum Gasteiger partial charge on any atom is 0.155 e. The van der Waals surface area contributed by atoms with Crippen molar-refractivity contribution in [3.63, 3.8) is 0 Å². The molecule has 5 aliphatic carbocycles. The number of nitrogens with zero attached hydrogens (tertiary/aromatic N) is 1. The minimum absolute atomic E-state index is 0.233. The predicted molar refractivity (Wildman–Crippen MR) is 92.7 cm³/mol. The van der Waals surface area contributed by atoms with Crippen molar-refractivity contribution in [3.8, 4) is 6.07 Å². The molecular weight excluding hydrogens is 294 g/mol. The molecule has 0 N–H and O–H groups in total. The van der Waals surface area contributed by atoms with Crippen LogP contribution in [0.3, 0.4) is 0 Å². The lowest BCUT2D eigenvalue weighted by Gasteiger charge is -2.55. The minimum Gasteiger partial charge on any atom is -0.295 e. The molecule has 0 saturated heterocycles. The molecule has 126 valence electrons. The summed E-state index contributed by atoms with van der Waals surface area (Å²) < 4.78 is 0. The Morgan fingerprint density at radius 1 is 1.33 bits per heavy atom. The summed E-state index contributed by atoms with van der Waals surface area (Å²) >= 11 is 0. The topological polar surface area (TPSA) is 40.9 Å². The number of fused-ring (bicyclic) bond motifs is 3. The zero-order valence-electron chi connectivity index (χ0n) is 14.6. The van der Waals surface area contributed by atoms with Gasteiger partial charge in [-0.1, -0.05) is 24.6 Å². The summed E-state index contributed by atoms with van der Waals surface area (Å²) in [5, 5.41) is 9.87. The van der Waals surface area contributed by atoms with Crippen LogP contribution in [-0.4, -0.2) is 5.78 Å². The van der Waals surface area contributed by atoms with Gasteiger partial charge in [-0.3, -0.25) is 4.79 Å². The van der Waals surface area contributed by atoms with Gasteiger partial charge in [-0.15, -0.1) is 0 Å². The lowest BCUT2D eigenvalue weighted by atomic mass is 9.49. The number of hydrogen-bond donors (Lipinski definition) is 0. The predicted octanol–water partition coefficient (Wildman–Crippen LogP) is 4.68. The first kappa shape index (κ1) is 14.9. The van der Waals surface area contributed by atoms with E-state index in [0.29, 0.717) is 23.5 Å². The third kappa shape index (κ3) is 1.85. The smallest absolute Gasteiger partial charge is 0.155 e. The van der Waals surface area contributed by atoms with Crippen LogP contribution in [0.15, 0.2) is 23.8 Å². The van der Waals surface area contributed by atoms with Crippen LogP contribution in [0.25, 0.3) is 0 Å². The zero-order chi connectivity index (χ0) is 16.5. The zero-order valence-corrected chi connectivity index (χ0v) is 14.6. The second-order valence-electron chi connectivity index (χ2n) is 9.36. The molecule has 0 aromatic carbocycles. The van der Waals surface area contributed by atoms with Crippen molar-refractivity contribution in [1.82, 2.24) is 0 Å². The minimum atomic E-state index is 0.233. The third-order valence-electron chi connectivity index (χ3n) is 8.53. The van der Waals surface area contributed by atoms with Gasteiger partial charge in [0.15, 0.2) is 5.78 Å². The first-order valence-electron chi connectivity index (χ1n) is 9.91. The van der Waals surface area contributed by atoms with Crippen LogP contribution in [0.4, 0.5) is 0 Å². The van der Waals surface area contributed by atoms with E-state index in [-0.39, 0.29) is 11.3 Å². The number of rotatable bonds is 0. The van der Waals surface area contributed by atoms with Crippen LogP contribution in [0.1, 0.15) is 51.9 Å². The molecule has 2 unspecified atom stereocenters. The molecule has 2 heteroatoms. The summed E-state index contributed by atoms with van der Waals surface area (Å²) in [6.45, 7) is 2.43. The standard InChI is InChI=1S/C22H27NO/c1-22-8-7-18-17-6-5-16(24)10-15(17)9-14-4-2-3-13(20(22)12-23)11-19(22)21(14)18/h2,4,10,13-14,17-21H,3,5-9,11H2,1H3/t13-,14-,17-,18+,19?,20-,21?,22-/m0/s1. The molecule has 0 aromatic heterocycles. The Morgan fingerprint density at radius 2 is 2.21 bits per heavy atom. The van der Waals surface area contributed by atoms with Crippen molar-refractivity contribution in [2.75, 3.05) is 0 Å². The molecule has 24 heavy (non-hydrogen) atoms. The van der Waals surface area contributed by atoms with E-state index in [4.69, 9.17) is 0 Å². The molecular formula is C22H27NO. The molecule has 5 aliphatic rings. The first-order valence-corrected chi connectivity index (χ1v) is 9.91.